The van der Waals surface area contributed by atoms with E-state index in [1.807, 2.05) is 17.9 Å². The summed E-state index contributed by atoms with van der Waals surface area (Å²) in [6, 6.07) is 3.55. The Morgan fingerprint density at radius 2 is 2.38 bits per heavy atom. The Bertz CT molecular complexity index is 355. The first kappa shape index (κ1) is 12.4. The van der Waals surface area contributed by atoms with Gasteiger partial charge in [0.05, 0.1) is 6.61 Å². The topological polar surface area (TPSA) is 65.5 Å². The number of hydrogen-bond donors (Lipinski definition) is 2. The van der Waals surface area contributed by atoms with E-state index in [1.54, 1.807) is 19.3 Å². The first-order chi connectivity index (χ1) is 7.72. The van der Waals surface area contributed by atoms with Gasteiger partial charge in [-0.15, -0.1) is 0 Å². The SMILES string of the molecule is CCN(CCO)c1ccnc(C(=O)NC)c1. The average molecular weight is 223 g/mol. The van der Waals surface area contributed by atoms with E-state index in [4.69, 9.17) is 5.11 Å². The van der Waals surface area contributed by atoms with E-state index in [2.05, 4.69) is 10.3 Å². The van der Waals surface area contributed by atoms with Crippen LogP contribution in [0.2, 0.25) is 0 Å². The maximum Gasteiger partial charge on any atom is 0.269 e. The summed E-state index contributed by atoms with van der Waals surface area (Å²) in [7, 11) is 1.57. The van der Waals surface area contributed by atoms with Gasteiger partial charge in [0.25, 0.3) is 5.91 Å². The lowest BCUT2D eigenvalue weighted by atomic mass is 10.2. The second-order valence-corrected chi connectivity index (χ2v) is 3.28. The van der Waals surface area contributed by atoms with Crippen LogP contribution >= 0.6 is 0 Å². The second-order valence-electron chi connectivity index (χ2n) is 3.28. The molecule has 16 heavy (non-hydrogen) atoms. The fourth-order valence-electron chi connectivity index (χ4n) is 1.46. The monoisotopic (exact) mass is 223 g/mol. The maximum absolute atomic E-state index is 11.4. The molecule has 0 bridgehead atoms. The van der Waals surface area contributed by atoms with E-state index < -0.39 is 0 Å². The highest BCUT2D eigenvalue weighted by atomic mass is 16.3. The average Bonchev–Trinajstić information content (AvgIpc) is 2.35. The van der Waals surface area contributed by atoms with Gasteiger partial charge in [-0.25, -0.2) is 0 Å². The van der Waals surface area contributed by atoms with Crippen LogP contribution < -0.4 is 10.2 Å². The molecule has 0 aliphatic rings. The van der Waals surface area contributed by atoms with E-state index in [0.29, 0.717) is 12.2 Å². The van der Waals surface area contributed by atoms with Crippen LogP contribution in [0.5, 0.6) is 0 Å². The molecule has 0 saturated carbocycles. The molecular formula is C11H17N3O2. The van der Waals surface area contributed by atoms with Crippen molar-refractivity contribution in [1.82, 2.24) is 10.3 Å². The molecule has 0 aromatic carbocycles. The number of amides is 1. The molecule has 88 valence electrons. The Balaban J connectivity index is 2.92. The van der Waals surface area contributed by atoms with Crippen molar-refractivity contribution < 1.29 is 9.90 Å². The van der Waals surface area contributed by atoms with E-state index >= 15 is 0 Å². The Labute approximate surface area is 95.1 Å². The number of aromatic nitrogens is 1. The van der Waals surface area contributed by atoms with Gasteiger partial charge < -0.3 is 15.3 Å². The molecule has 0 radical (unpaired) electrons. The number of carbonyl (C=O) groups is 1. The molecule has 1 amide bonds. The zero-order chi connectivity index (χ0) is 12.0. The minimum atomic E-state index is -0.207. The quantitative estimate of drug-likeness (QED) is 0.751. The molecule has 0 aliphatic heterocycles. The molecule has 0 unspecified atom stereocenters. The molecule has 2 N–H and O–H groups in total. The molecule has 1 heterocycles. The fraction of sp³-hybridized carbons (Fsp3) is 0.455. The molecular weight excluding hydrogens is 206 g/mol. The normalized spacial score (nSPS) is 9.94. The third kappa shape index (κ3) is 2.93. The van der Waals surface area contributed by atoms with Crippen LogP contribution in [0.4, 0.5) is 5.69 Å². The van der Waals surface area contributed by atoms with Crippen molar-refractivity contribution in [3.63, 3.8) is 0 Å². The Hall–Kier alpha value is -1.62. The number of nitrogens with zero attached hydrogens (tertiary/aromatic N) is 2. The third-order valence-corrected chi connectivity index (χ3v) is 2.32. The summed E-state index contributed by atoms with van der Waals surface area (Å²) in [4.78, 5) is 17.4. The molecule has 0 aliphatic carbocycles. The minimum absolute atomic E-state index is 0.0888. The van der Waals surface area contributed by atoms with Crippen molar-refractivity contribution in [2.24, 2.45) is 0 Å². The molecule has 0 saturated heterocycles. The summed E-state index contributed by atoms with van der Waals surface area (Å²) in [5.74, 6) is -0.207. The van der Waals surface area contributed by atoms with Crippen molar-refractivity contribution in [1.29, 1.82) is 0 Å². The Kier molecular flexibility index (Phi) is 4.72. The molecule has 5 nitrogen and oxygen atoms in total. The van der Waals surface area contributed by atoms with Gasteiger partial charge in [0, 0.05) is 32.0 Å². The van der Waals surface area contributed by atoms with Gasteiger partial charge in [-0.2, -0.15) is 0 Å². The lowest BCUT2D eigenvalue weighted by molar-refractivity contribution is 0.0958. The molecule has 0 atom stereocenters. The first-order valence-electron chi connectivity index (χ1n) is 5.26. The van der Waals surface area contributed by atoms with Gasteiger partial charge >= 0.3 is 0 Å². The Morgan fingerprint density at radius 3 is 2.94 bits per heavy atom. The van der Waals surface area contributed by atoms with Crippen molar-refractivity contribution in [2.75, 3.05) is 31.6 Å². The van der Waals surface area contributed by atoms with Crippen molar-refractivity contribution in [2.45, 2.75) is 6.92 Å². The highest BCUT2D eigenvalue weighted by molar-refractivity contribution is 5.92. The van der Waals surface area contributed by atoms with Gasteiger partial charge in [0.1, 0.15) is 5.69 Å². The molecule has 5 heteroatoms. The lowest BCUT2D eigenvalue weighted by Gasteiger charge is -2.22. The lowest BCUT2D eigenvalue weighted by Crippen LogP contribution is -2.27. The van der Waals surface area contributed by atoms with Gasteiger partial charge in [-0.3, -0.25) is 9.78 Å². The third-order valence-electron chi connectivity index (χ3n) is 2.32. The van der Waals surface area contributed by atoms with Crippen LogP contribution in [0.1, 0.15) is 17.4 Å². The van der Waals surface area contributed by atoms with Crippen LogP contribution in [0.25, 0.3) is 0 Å². The largest absolute Gasteiger partial charge is 0.395 e. The van der Waals surface area contributed by atoms with Gasteiger partial charge in [0.15, 0.2) is 0 Å². The zero-order valence-corrected chi connectivity index (χ0v) is 9.60. The van der Waals surface area contributed by atoms with Crippen molar-refractivity contribution >= 4 is 11.6 Å². The van der Waals surface area contributed by atoms with Gasteiger partial charge in [-0.1, -0.05) is 0 Å². The number of rotatable bonds is 5. The van der Waals surface area contributed by atoms with Crippen molar-refractivity contribution in [3.05, 3.63) is 24.0 Å². The number of aliphatic hydroxyl groups is 1. The van der Waals surface area contributed by atoms with Crippen LogP contribution in [0.15, 0.2) is 18.3 Å². The van der Waals surface area contributed by atoms with Gasteiger partial charge in [-0.05, 0) is 19.1 Å². The van der Waals surface area contributed by atoms with E-state index in [1.165, 1.54) is 0 Å². The number of carbonyl (C=O) groups excluding carboxylic acids is 1. The summed E-state index contributed by atoms with van der Waals surface area (Å²) < 4.78 is 0. The number of nitrogens with one attached hydrogen (secondary N) is 1. The standard InChI is InChI=1S/C11H17N3O2/c1-3-14(6-7-15)9-4-5-13-10(8-9)11(16)12-2/h4-5,8,15H,3,6-7H2,1-2H3,(H,12,16). The number of anilines is 1. The predicted molar refractivity (Wildman–Crippen MR) is 62.6 cm³/mol. The highest BCUT2D eigenvalue weighted by Crippen LogP contribution is 2.13. The summed E-state index contributed by atoms with van der Waals surface area (Å²) in [6.07, 6.45) is 1.60. The van der Waals surface area contributed by atoms with E-state index in [-0.39, 0.29) is 12.5 Å². The molecule has 1 aromatic rings. The number of pyridine rings is 1. The number of aliphatic hydroxyl groups excluding tert-OH is 1. The van der Waals surface area contributed by atoms with Crippen LogP contribution in [-0.4, -0.2) is 42.7 Å². The highest BCUT2D eigenvalue weighted by Gasteiger charge is 2.08. The van der Waals surface area contributed by atoms with Crippen LogP contribution in [0.3, 0.4) is 0 Å². The first-order valence-corrected chi connectivity index (χ1v) is 5.26. The van der Waals surface area contributed by atoms with E-state index in [9.17, 15) is 4.79 Å². The summed E-state index contributed by atoms with van der Waals surface area (Å²) in [6.45, 7) is 3.41. The molecule has 1 aromatic heterocycles. The molecule has 0 spiro atoms. The summed E-state index contributed by atoms with van der Waals surface area (Å²) in [5, 5.41) is 11.4. The van der Waals surface area contributed by atoms with Crippen LogP contribution in [-0.2, 0) is 0 Å². The minimum Gasteiger partial charge on any atom is -0.395 e. The fourth-order valence-corrected chi connectivity index (χ4v) is 1.46. The van der Waals surface area contributed by atoms with Crippen LogP contribution in [0, 0.1) is 0 Å². The molecule has 0 fully saturated rings. The Morgan fingerprint density at radius 1 is 1.62 bits per heavy atom. The maximum atomic E-state index is 11.4. The summed E-state index contributed by atoms with van der Waals surface area (Å²) in [5.41, 5.74) is 1.28. The predicted octanol–water partition coefficient (Wildman–Crippen LogP) is 0.260. The zero-order valence-electron chi connectivity index (χ0n) is 9.60. The summed E-state index contributed by atoms with van der Waals surface area (Å²) >= 11 is 0. The number of likely N-dealkylation sites (N-methyl/N-ethyl adjacent to an activating group) is 1. The second kappa shape index (κ2) is 6.07. The van der Waals surface area contributed by atoms with E-state index in [0.717, 1.165) is 12.2 Å². The molecule has 1 rings (SSSR count). The number of hydrogen-bond acceptors (Lipinski definition) is 4. The van der Waals surface area contributed by atoms with Crippen molar-refractivity contribution in [3.8, 4) is 0 Å². The smallest absolute Gasteiger partial charge is 0.269 e. The van der Waals surface area contributed by atoms with Gasteiger partial charge in [0.2, 0.25) is 0 Å².